The van der Waals surface area contributed by atoms with Crippen LogP contribution in [-0.4, -0.2) is 20.0 Å². The topological polar surface area (TPSA) is 77.5 Å². The average molecular weight is 382 g/mol. The van der Waals surface area contributed by atoms with Crippen LogP contribution in [0.3, 0.4) is 0 Å². The lowest BCUT2D eigenvalue weighted by atomic mass is 10.1. The van der Waals surface area contributed by atoms with Crippen LogP contribution >= 0.6 is 34.8 Å². The van der Waals surface area contributed by atoms with E-state index in [9.17, 15) is 18.0 Å². The highest BCUT2D eigenvalue weighted by Gasteiger charge is 2.36. The first kappa shape index (κ1) is 17.0. The largest absolute Gasteiger partial charge is 0.373 e. The number of Topliss-reactive ketones (excluding diaryl/α,β-unsaturated/α-hetero) is 2. The molecular formula is C13H7Cl3O5S. The van der Waals surface area contributed by atoms with Crippen molar-refractivity contribution in [2.24, 2.45) is 0 Å². The summed E-state index contributed by atoms with van der Waals surface area (Å²) in [5.74, 6) is -2.93. The normalized spacial score (nSPS) is 16.4. The molecule has 0 aromatic heterocycles. The minimum Gasteiger partial charge on any atom is -0.373 e. The van der Waals surface area contributed by atoms with Crippen molar-refractivity contribution in [3.8, 4) is 0 Å². The third kappa shape index (κ3) is 3.05. The summed E-state index contributed by atoms with van der Waals surface area (Å²) < 4.78 is 28.9. The zero-order chi connectivity index (χ0) is 16.7. The van der Waals surface area contributed by atoms with E-state index < -0.39 is 42.5 Å². The lowest BCUT2D eigenvalue weighted by molar-refractivity contribution is -0.116. The Bertz CT molecular complexity index is 835. The average Bonchev–Trinajstić information content (AvgIpc) is 2.48. The minimum atomic E-state index is -4.35. The maximum atomic E-state index is 12.1. The molecule has 9 heteroatoms. The van der Waals surface area contributed by atoms with Crippen molar-refractivity contribution in [1.82, 2.24) is 0 Å². The molecule has 1 aliphatic rings. The molecule has 116 valence electrons. The van der Waals surface area contributed by atoms with E-state index in [1.807, 2.05) is 0 Å². The molecule has 0 atom stereocenters. The lowest BCUT2D eigenvalue weighted by Gasteiger charge is -2.15. The number of halogens is 3. The predicted molar refractivity (Wildman–Crippen MR) is 81.1 cm³/mol. The molecule has 0 saturated carbocycles. The molecule has 1 aromatic carbocycles. The first-order chi connectivity index (χ1) is 10.1. The van der Waals surface area contributed by atoms with E-state index in [1.165, 1.54) is 12.1 Å². The summed E-state index contributed by atoms with van der Waals surface area (Å²) in [4.78, 5) is 23.4. The molecule has 22 heavy (non-hydrogen) atoms. The number of rotatable bonds is 3. The molecule has 5 nitrogen and oxygen atoms in total. The first-order valence-electron chi connectivity index (χ1n) is 5.70. The number of benzene rings is 1. The summed E-state index contributed by atoms with van der Waals surface area (Å²) in [5.41, 5.74) is 0.831. The molecule has 0 fully saturated rings. The van der Waals surface area contributed by atoms with Crippen molar-refractivity contribution in [3.05, 3.63) is 50.7 Å². The van der Waals surface area contributed by atoms with Crippen molar-refractivity contribution in [1.29, 1.82) is 0 Å². The van der Waals surface area contributed by atoms with E-state index in [0.29, 0.717) is 0 Å². The van der Waals surface area contributed by atoms with Gasteiger partial charge in [-0.1, -0.05) is 52.5 Å². The molecule has 0 unspecified atom stereocenters. The van der Waals surface area contributed by atoms with Gasteiger partial charge < -0.3 is 4.18 Å². The number of aryl methyl sites for hydroxylation is 1. The van der Waals surface area contributed by atoms with Gasteiger partial charge in [0.2, 0.25) is 17.3 Å². The van der Waals surface area contributed by atoms with Crippen molar-refractivity contribution < 1.29 is 22.2 Å². The quantitative estimate of drug-likeness (QED) is 0.594. The molecule has 0 bridgehead atoms. The van der Waals surface area contributed by atoms with Crippen LogP contribution in [0.15, 0.2) is 50.0 Å². The lowest BCUT2D eigenvalue weighted by Crippen LogP contribution is -2.22. The first-order valence-corrected chi connectivity index (χ1v) is 8.25. The fraction of sp³-hybridized carbons (Fsp3) is 0.0769. The van der Waals surface area contributed by atoms with Crippen LogP contribution in [0, 0.1) is 6.92 Å². The van der Waals surface area contributed by atoms with Gasteiger partial charge in [-0.3, -0.25) is 9.59 Å². The van der Waals surface area contributed by atoms with Crippen molar-refractivity contribution >= 4 is 56.5 Å². The minimum absolute atomic E-state index is 0.202. The smallest absolute Gasteiger partial charge is 0.339 e. The maximum absolute atomic E-state index is 12.1. The van der Waals surface area contributed by atoms with Crippen LogP contribution in [-0.2, 0) is 23.9 Å². The van der Waals surface area contributed by atoms with Crippen molar-refractivity contribution in [3.63, 3.8) is 0 Å². The van der Waals surface area contributed by atoms with Gasteiger partial charge in [0, 0.05) is 0 Å². The van der Waals surface area contributed by atoms with E-state index in [2.05, 4.69) is 0 Å². The van der Waals surface area contributed by atoms with Crippen molar-refractivity contribution in [2.75, 3.05) is 0 Å². The van der Waals surface area contributed by atoms with Gasteiger partial charge in [0.1, 0.15) is 20.0 Å². The van der Waals surface area contributed by atoms with E-state index in [1.54, 1.807) is 19.1 Å². The molecule has 0 spiro atoms. The molecule has 0 N–H and O–H groups in total. The Labute approximate surface area is 141 Å². The Hall–Kier alpha value is -1.34. The number of allylic oxidation sites excluding steroid dienone is 3. The number of carbonyl (C=O) groups is 2. The second kappa shape index (κ2) is 6.04. The van der Waals surface area contributed by atoms with Gasteiger partial charge in [-0.2, -0.15) is 8.42 Å². The van der Waals surface area contributed by atoms with Crippen LogP contribution in [0.2, 0.25) is 0 Å². The second-order valence-corrected chi connectivity index (χ2v) is 6.96. The zero-order valence-electron chi connectivity index (χ0n) is 10.9. The fourth-order valence-electron chi connectivity index (χ4n) is 1.54. The highest BCUT2D eigenvalue weighted by atomic mass is 35.5. The van der Waals surface area contributed by atoms with Crippen LogP contribution in [0.4, 0.5) is 0 Å². The summed E-state index contributed by atoms with van der Waals surface area (Å²) in [7, 11) is -4.35. The Morgan fingerprint density at radius 1 is 0.864 bits per heavy atom. The van der Waals surface area contributed by atoms with E-state index in [0.717, 1.165) is 5.56 Å². The van der Waals surface area contributed by atoms with Gasteiger partial charge in [0.15, 0.2) is 0 Å². The SMILES string of the molecule is Cc1ccc(S(=O)(=O)OC2=C(Cl)C(=O)C(Cl)=C(Cl)C2=O)cc1. The highest BCUT2D eigenvalue weighted by molar-refractivity contribution is 7.86. The summed E-state index contributed by atoms with van der Waals surface area (Å²) in [6.45, 7) is 1.77. The zero-order valence-corrected chi connectivity index (χ0v) is 14.0. The summed E-state index contributed by atoms with van der Waals surface area (Å²) in [6.07, 6.45) is 0. The van der Waals surface area contributed by atoms with E-state index in [4.69, 9.17) is 39.0 Å². The Morgan fingerprint density at radius 3 is 1.91 bits per heavy atom. The van der Waals surface area contributed by atoms with Crippen LogP contribution < -0.4 is 0 Å². The van der Waals surface area contributed by atoms with Gasteiger partial charge in [0.25, 0.3) is 0 Å². The Balaban J connectivity index is 2.43. The molecule has 0 radical (unpaired) electrons. The molecule has 1 aromatic rings. The third-order valence-corrected chi connectivity index (χ3v) is 5.10. The number of hydrogen-bond donors (Lipinski definition) is 0. The maximum Gasteiger partial charge on any atom is 0.339 e. The van der Waals surface area contributed by atoms with Gasteiger partial charge in [-0.05, 0) is 19.1 Å². The predicted octanol–water partition coefficient (Wildman–Crippen LogP) is 2.99. The van der Waals surface area contributed by atoms with Crippen LogP contribution in [0.5, 0.6) is 0 Å². The summed E-state index contributed by atoms with van der Waals surface area (Å²) in [5, 5.41) is -1.97. The summed E-state index contributed by atoms with van der Waals surface area (Å²) >= 11 is 16.8. The Kier molecular flexibility index (Phi) is 4.67. The van der Waals surface area contributed by atoms with Gasteiger partial charge >= 0.3 is 10.1 Å². The van der Waals surface area contributed by atoms with Gasteiger partial charge in [-0.25, -0.2) is 0 Å². The second-order valence-electron chi connectivity index (χ2n) is 4.28. The molecule has 0 aliphatic heterocycles. The molecule has 0 heterocycles. The third-order valence-electron chi connectivity index (χ3n) is 2.70. The van der Waals surface area contributed by atoms with Crippen molar-refractivity contribution in [2.45, 2.75) is 11.8 Å². The molecule has 2 rings (SSSR count). The fourth-order valence-corrected chi connectivity index (χ4v) is 3.14. The molecule has 0 amide bonds. The number of hydrogen-bond acceptors (Lipinski definition) is 5. The van der Waals surface area contributed by atoms with Crippen LogP contribution in [0.25, 0.3) is 0 Å². The highest BCUT2D eigenvalue weighted by Crippen LogP contribution is 2.33. The molecular weight excluding hydrogens is 375 g/mol. The van der Waals surface area contributed by atoms with Gasteiger partial charge in [0.05, 0.1) is 0 Å². The van der Waals surface area contributed by atoms with E-state index >= 15 is 0 Å². The Morgan fingerprint density at radius 2 is 1.36 bits per heavy atom. The van der Waals surface area contributed by atoms with Gasteiger partial charge in [-0.15, -0.1) is 0 Å². The monoisotopic (exact) mass is 380 g/mol. The number of ketones is 2. The van der Waals surface area contributed by atoms with Crippen LogP contribution in [0.1, 0.15) is 5.56 Å². The molecule has 0 saturated heterocycles. The van der Waals surface area contributed by atoms with E-state index in [-0.39, 0.29) is 4.90 Å². The number of carbonyl (C=O) groups excluding carboxylic acids is 2. The standard InChI is InChI=1S/C13H7Cl3O5S/c1-6-2-4-7(5-3-6)22(19,20)21-13-10(16)11(17)8(14)9(15)12(13)18/h2-5H,1H3. The molecule has 1 aliphatic carbocycles. The summed E-state index contributed by atoms with van der Waals surface area (Å²) in [6, 6.07) is 5.67.